The molecule has 1 aromatic carbocycles. The summed E-state index contributed by atoms with van der Waals surface area (Å²) in [6, 6.07) is 9.68. The van der Waals surface area contributed by atoms with Crippen LogP contribution in [-0.2, 0) is 21.3 Å². The zero-order chi connectivity index (χ0) is 17.7. The lowest BCUT2D eigenvalue weighted by molar-refractivity contribution is 0.0909. The summed E-state index contributed by atoms with van der Waals surface area (Å²) in [6.07, 6.45) is 0.800. The molecule has 0 saturated heterocycles. The SMILES string of the molecule is CC[C@@H](C)NC(=O)c1ccc(CS(=O)(=O)Cc2ccc(Cl)cc2)o1. The van der Waals surface area contributed by atoms with E-state index in [0.717, 1.165) is 6.42 Å². The molecule has 0 bridgehead atoms. The van der Waals surface area contributed by atoms with Crippen molar-refractivity contribution in [3.8, 4) is 0 Å². The van der Waals surface area contributed by atoms with Crippen LogP contribution in [0.25, 0.3) is 0 Å². The van der Waals surface area contributed by atoms with E-state index < -0.39 is 9.84 Å². The maximum Gasteiger partial charge on any atom is 0.287 e. The van der Waals surface area contributed by atoms with E-state index in [-0.39, 0.29) is 35.0 Å². The van der Waals surface area contributed by atoms with Crippen molar-refractivity contribution < 1.29 is 17.6 Å². The Balaban J connectivity index is 2.02. The van der Waals surface area contributed by atoms with Crippen LogP contribution in [0, 0.1) is 0 Å². The zero-order valence-electron chi connectivity index (χ0n) is 13.6. The van der Waals surface area contributed by atoms with Gasteiger partial charge in [0.2, 0.25) is 0 Å². The second-order valence-electron chi connectivity index (χ2n) is 5.71. The van der Waals surface area contributed by atoms with Crippen LogP contribution < -0.4 is 5.32 Å². The third-order valence-corrected chi connectivity index (χ3v) is 5.29. The van der Waals surface area contributed by atoms with Crippen molar-refractivity contribution >= 4 is 27.3 Å². The molecule has 0 saturated carbocycles. The summed E-state index contributed by atoms with van der Waals surface area (Å²) in [4.78, 5) is 11.9. The number of hydrogen-bond donors (Lipinski definition) is 1. The minimum Gasteiger partial charge on any atom is -0.455 e. The summed E-state index contributed by atoms with van der Waals surface area (Å²) in [7, 11) is -3.41. The van der Waals surface area contributed by atoms with Gasteiger partial charge in [0, 0.05) is 11.1 Å². The Morgan fingerprint density at radius 2 is 1.83 bits per heavy atom. The Morgan fingerprint density at radius 1 is 1.17 bits per heavy atom. The number of sulfone groups is 1. The molecule has 130 valence electrons. The van der Waals surface area contributed by atoms with E-state index in [4.69, 9.17) is 16.0 Å². The highest BCUT2D eigenvalue weighted by molar-refractivity contribution is 7.89. The van der Waals surface area contributed by atoms with Gasteiger partial charge in [0.25, 0.3) is 5.91 Å². The lowest BCUT2D eigenvalue weighted by Crippen LogP contribution is -2.31. The van der Waals surface area contributed by atoms with E-state index in [9.17, 15) is 13.2 Å². The summed E-state index contributed by atoms with van der Waals surface area (Å²) in [5.74, 6) is -0.346. The van der Waals surface area contributed by atoms with Gasteiger partial charge in [0.1, 0.15) is 11.5 Å². The molecule has 1 heterocycles. The fraction of sp³-hybridized carbons (Fsp3) is 0.353. The number of halogens is 1. The third-order valence-electron chi connectivity index (χ3n) is 3.54. The molecule has 1 N–H and O–H groups in total. The number of carbonyl (C=O) groups is 1. The van der Waals surface area contributed by atoms with Crippen molar-refractivity contribution in [3.05, 3.63) is 58.5 Å². The molecule has 24 heavy (non-hydrogen) atoms. The van der Waals surface area contributed by atoms with Gasteiger partial charge in [-0.25, -0.2) is 8.42 Å². The lowest BCUT2D eigenvalue weighted by atomic mass is 10.2. The molecule has 7 heteroatoms. The molecule has 2 rings (SSSR count). The number of furan rings is 1. The van der Waals surface area contributed by atoms with Crippen LogP contribution in [0.4, 0.5) is 0 Å². The Bertz CT molecular complexity index is 796. The molecule has 0 fully saturated rings. The number of amides is 1. The summed E-state index contributed by atoms with van der Waals surface area (Å²) in [6.45, 7) is 3.85. The highest BCUT2D eigenvalue weighted by atomic mass is 35.5. The predicted octanol–water partition coefficient (Wildman–Crippen LogP) is 3.58. The van der Waals surface area contributed by atoms with Crippen LogP contribution in [-0.4, -0.2) is 20.4 Å². The minimum atomic E-state index is -3.41. The maximum absolute atomic E-state index is 12.3. The molecule has 1 aromatic heterocycles. The van der Waals surface area contributed by atoms with Crippen LogP contribution in [0.2, 0.25) is 5.02 Å². The Morgan fingerprint density at radius 3 is 2.46 bits per heavy atom. The van der Waals surface area contributed by atoms with E-state index in [2.05, 4.69) is 5.32 Å². The minimum absolute atomic E-state index is 0.0275. The zero-order valence-corrected chi connectivity index (χ0v) is 15.2. The Hall–Kier alpha value is -1.79. The van der Waals surface area contributed by atoms with E-state index in [1.54, 1.807) is 24.3 Å². The van der Waals surface area contributed by atoms with Gasteiger partial charge < -0.3 is 9.73 Å². The quantitative estimate of drug-likeness (QED) is 0.809. The molecule has 0 aliphatic carbocycles. The average molecular weight is 370 g/mol. The Kier molecular flexibility index (Phi) is 6.07. The standard InChI is InChI=1S/C17H20ClNO4S/c1-3-12(2)19-17(20)16-9-8-15(23-16)11-24(21,22)10-13-4-6-14(18)7-5-13/h4-9,12H,3,10-11H2,1-2H3,(H,19,20)/t12-/m1/s1. The smallest absolute Gasteiger partial charge is 0.287 e. The van der Waals surface area contributed by atoms with Crippen molar-refractivity contribution in [2.45, 2.75) is 37.8 Å². The van der Waals surface area contributed by atoms with Crippen LogP contribution in [0.15, 0.2) is 40.8 Å². The first-order valence-corrected chi connectivity index (χ1v) is 9.83. The molecule has 1 atom stereocenters. The molecule has 0 aliphatic rings. The van der Waals surface area contributed by atoms with Gasteiger partial charge in [0.15, 0.2) is 15.6 Å². The summed E-state index contributed by atoms with van der Waals surface area (Å²) < 4.78 is 29.9. The first-order chi connectivity index (χ1) is 11.3. The first-order valence-electron chi connectivity index (χ1n) is 7.63. The summed E-state index contributed by atoms with van der Waals surface area (Å²) >= 11 is 5.79. The summed E-state index contributed by atoms with van der Waals surface area (Å²) in [5.41, 5.74) is 0.653. The van der Waals surface area contributed by atoms with Gasteiger partial charge >= 0.3 is 0 Å². The molecular weight excluding hydrogens is 350 g/mol. The van der Waals surface area contributed by atoms with Crippen molar-refractivity contribution in [1.29, 1.82) is 0 Å². The first kappa shape index (κ1) is 18.5. The molecule has 1 amide bonds. The fourth-order valence-corrected chi connectivity index (χ4v) is 3.59. The van der Waals surface area contributed by atoms with Crippen molar-refractivity contribution in [2.75, 3.05) is 0 Å². The Labute approximate surface area is 146 Å². The fourth-order valence-electron chi connectivity index (χ4n) is 2.08. The van der Waals surface area contributed by atoms with Gasteiger partial charge in [-0.2, -0.15) is 0 Å². The normalized spacial score (nSPS) is 12.8. The molecule has 0 aliphatic heterocycles. The number of nitrogens with one attached hydrogen (secondary N) is 1. The molecule has 0 unspecified atom stereocenters. The van der Waals surface area contributed by atoms with E-state index in [0.29, 0.717) is 10.6 Å². The van der Waals surface area contributed by atoms with Gasteiger partial charge in [-0.05, 0) is 43.2 Å². The van der Waals surface area contributed by atoms with Crippen molar-refractivity contribution in [3.63, 3.8) is 0 Å². The molecular formula is C17H20ClNO4S. The van der Waals surface area contributed by atoms with Gasteiger partial charge in [-0.15, -0.1) is 0 Å². The largest absolute Gasteiger partial charge is 0.455 e. The molecule has 0 spiro atoms. The van der Waals surface area contributed by atoms with Crippen molar-refractivity contribution in [1.82, 2.24) is 5.32 Å². The average Bonchev–Trinajstić information content (AvgIpc) is 2.97. The van der Waals surface area contributed by atoms with Crippen molar-refractivity contribution in [2.24, 2.45) is 0 Å². The van der Waals surface area contributed by atoms with Crippen LogP contribution in [0.1, 0.15) is 42.1 Å². The highest BCUT2D eigenvalue weighted by Gasteiger charge is 2.18. The van der Waals surface area contributed by atoms with Crippen LogP contribution >= 0.6 is 11.6 Å². The lowest BCUT2D eigenvalue weighted by Gasteiger charge is -2.09. The topological polar surface area (TPSA) is 76.4 Å². The van der Waals surface area contributed by atoms with E-state index in [1.165, 1.54) is 12.1 Å². The second-order valence-corrected chi connectivity index (χ2v) is 8.21. The molecule has 5 nitrogen and oxygen atoms in total. The van der Waals surface area contributed by atoms with E-state index >= 15 is 0 Å². The molecule has 0 radical (unpaired) electrons. The van der Waals surface area contributed by atoms with Gasteiger partial charge in [-0.1, -0.05) is 30.7 Å². The number of rotatable bonds is 7. The maximum atomic E-state index is 12.3. The second kappa shape index (κ2) is 7.85. The van der Waals surface area contributed by atoms with Crippen LogP contribution in [0.5, 0.6) is 0 Å². The van der Waals surface area contributed by atoms with Gasteiger partial charge in [-0.3, -0.25) is 4.79 Å². The predicted molar refractivity (Wildman–Crippen MR) is 93.7 cm³/mol. The number of carbonyl (C=O) groups excluding carboxylic acids is 1. The monoisotopic (exact) mass is 369 g/mol. The van der Waals surface area contributed by atoms with Crippen LogP contribution in [0.3, 0.4) is 0 Å². The number of benzene rings is 1. The van der Waals surface area contributed by atoms with E-state index in [1.807, 2.05) is 13.8 Å². The highest BCUT2D eigenvalue weighted by Crippen LogP contribution is 2.17. The number of hydrogen-bond acceptors (Lipinski definition) is 4. The summed E-state index contributed by atoms with van der Waals surface area (Å²) in [5, 5.41) is 3.33. The van der Waals surface area contributed by atoms with Gasteiger partial charge in [0.05, 0.1) is 5.75 Å². The molecule has 2 aromatic rings. The third kappa shape index (κ3) is 5.39.